The molecule has 0 unspecified atom stereocenters. The minimum atomic E-state index is -0.818. The molecule has 0 aliphatic carbocycles. The SMILES string of the molecule is Cc1cc(CCC(=O)O)[nH]c1/C=C1\N=C(c2ccccc2)C=C1CCSOOO. The fraction of sp³-hybridized carbons (Fsp3) is 0.238. The van der Waals surface area contributed by atoms with Crippen molar-refractivity contribution in [2.24, 2.45) is 4.99 Å². The van der Waals surface area contributed by atoms with Crippen LogP contribution in [-0.4, -0.2) is 32.8 Å². The Bertz CT molecular complexity index is 947. The number of nitrogens with one attached hydrogen (secondary N) is 1. The second-order valence-corrected chi connectivity index (χ2v) is 7.34. The number of carboxylic acids is 1. The van der Waals surface area contributed by atoms with Gasteiger partial charge in [0.25, 0.3) is 0 Å². The lowest BCUT2D eigenvalue weighted by Gasteiger charge is -2.03. The van der Waals surface area contributed by atoms with Crippen LogP contribution in [0.15, 0.2) is 58.7 Å². The van der Waals surface area contributed by atoms with E-state index >= 15 is 0 Å². The van der Waals surface area contributed by atoms with Crippen LogP contribution in [0.4, 0.5) is 0 Å². The Morgan fingerprint density at radius 3 is 2.79 bits per heavy atom. The van der Waals surface area contributed by atoms with Crippen LogP contribution in [0.5, 0.6) is 0 Å². The summed E-state index contributed by atoms with van der Waals surface area (Å²) in [5.41, 5.74) is 6.62. The number of aliphatic carboxylic acids is 1. The molecule has 0 atom stereocenters. The molecule has 1 aromatic heterocycles. The van der Waals surface area contributed by atoms with Crippen LogP contribution >= 0.6 is 12.0 Å². The van der Waals surface area contributed by atoms with E-state index in [1.807, 2.05) is 55.5 Å². The third kappa shape index (κ3) is 5.91. The number of nitrogens with zero attached hydrogens (tertiary/aromatic N) is 1. The number of carboxylic acid groups (broad SMARTS) is 1. The van der Waals surface area contributed by atoms with Gasteiger partial charge in [-0.2, -0.15) is 0 Å². The van der Waals surface area contributed by atoms with Crippen LogP contribution in [-0.2, 0) is 20.6 Å². The van der Waals surface area contributed by atoms with Gasteiger partial charge < -0.3 is 10.1 Å². The Hall–Kier alpha value is -2.65. The number of carbonyl (C=O) groups is 1. The van der Waals surface area contributed by atoms with Gasteiger partial charge in [0.15, 0.2) is 0 Å². The van der Waals surface area contributed by atoms with E-state index in [4.69, 9.17) is 15.4 Å². The summed E-state index contributed by atoms with van der Waals surface area (Å²) in [6.45, 7) is 1.98. The number of benzene rings is 1. The average Bonchev–Trinajstić information content (AvgIpc) is 3.28. The van der Waals surface area contributed by atoms with Crippen LogP contribution in [0.25, 0.3) is 6.08 Å². The molecular formula is C21H22N2O5S. The molecule has 152 valence electrons. The second kappa shape index (κ2) is 10.2. The number of allylic oxidation sites excluding steroid dienone is 2. The molecule has 1 aromatic carbocycles. The summed E-state index contributed by atoms with van der Waals surface area (Å²) in [5, 5.41) is 20.8. The lowest BCUT2D eigenvalue weighted by molar-refractivity contribution is -0.432. The second-order valence-electron chi connectivity index (χ2n) is 6.56. The van der Waals surface area contributed by atoms with Crippen molar-refractivity contribution in [1.29, 1.82) is 0 Å². The zero-order valence-corrected chi connectivity index (χ0v) is 16.7. The first-order valence-corrected chi connectivity index (χ1v) is 10.0. The fourth-order valence-corrected chi connectivity index (χ4v) is 3.49. The topological polar surface area (TPSA) is 104 Å². The molecule has 1 aliphatic rings. The lowest BCUT2D eigenvalue weighted by atomic mass is 10.1. The molecule has 0 saturated carbocycles. The maximum absolute atomic E-state index is 10.8. The van der Waals surface area contributed by atoms with Crippen LogP contribution in [0, 0.1) is 6.92 Å². The van der Waals surface area contributed by atoms with Crippen molar-refractivity contribution in [1.82, 2.24) is 4.98 Å². The quantitative estimate of drug-likeness (QED) is 0.228. The van der Waals surface area contributed by atoms with Gasteiger partial charge in [-0.1, -0.05) is 35.4 Å². The maximum atomic E-state index is 10.8. The number of H-pyrrole nitrogens is 1. The molecular weight excluding hydrogens is 392 g/mol. The Balaban J connectivity index is 1.84. The summed E-state index contributed by atoms with van der Waals surface area (Å²) in [6.07, 6.45) is 5.24. The summed E-state index contributed by atoms with van der Waals surface area (Å²) in [6, 6.07) is 11.9. The third-order valence-electron chi connectivity index (χ3n) is 4.48. The number of rotatable bonds is 10. The number of aliphatic imine (C=N–C) groups is 1. The van der Waals surface area contributed by atoms with E-state index in [0.717, 1.165) is 51.5 Å². The van der Waals surface area contributed by atoms with E-state index in [2.05, 4.69) is 14.4 Å². The Labute approximate surface area is 172 Å². The minimum absolute atomic E-state index is 0.0849. The normalized spacial score (nSPS) is 14.9. The highest BCUT2D eigenvalue weighted by Gasteiger charge is 2.17. The fourth-order valence-electron chi connectivity index (χ4n) is 3.07. The number of aromatic nitrogens is 1. The number of hydrogen-bond donors (Lipinski definition) is 3. The van der Waals surface area contributed by atoms with Crippen LogP contribution < -0.4 is 0 Å². The monoisotopic (exact) mass is 414 g/mol. The molecule has 2 heterocycles. The van der Waals surface area contributed by atoms with Crippen LogP contribution in [0.1, 0.15) is 35.4 Å². The molecule has 0 bridgehead atoms. The van der Waals surface area contributed by atoms with Gasteiger partial charge >= 0.3 is 5.97 Å². The Kier molecular flexibility index (Phi) is 7.42. The van der Waals surface area contributed by atoms with E-state index in [-0.39, 0.29) is 6.42 Å². The minimum Gasteiger partial charge on any atom is -0.481 e. The summed E-state index contributed by atoms with van der Waals surface area (Å²) < 4.78 is 4.46. The Morgan fingerprint density at radius 1 is 1.28 bits per heavy atom. The highest BCUT2D eigenvalue weighted by molar-refractivity contribution is 7.94. The molecule has 0 spiro atoms. The van der Waals surface area contributed by atoms with Gasteiger partial charge in [0.1, 0.15) is 0 Å². The highest BCUT2D eigenvalue weighted by Crippen LogP contribution is 2.29. The largest absolute Gasteiger partial charge is 0.481 e. The van der Waals surface area contributed by atoms with Crippen molar-refractivity contribution in [3.63, 3.8) is 0 Å². The lowest BCUT2D eigenvalue weighted by Crippen LogP contribution is -1.97. The van der Waals surface area contributed by atoms with Crippen molar-refractivity contribution >= 4 is 29.8 Å². The Morgan fingerprint density at radius 2 is 2.07 bits per heavy atom. The average molecular weight is 414 g/mol. The van der Waals surface area contributed by atoms with E-state index in [0.29, 0.717) is 18.6 Å². The summed E-state index contributed by atoms with van der Waals surface area (Å²) in [5.74, 6) is -0.239. The number of aryl methyl sites for hydroxylation is 2. The molecule has 0 amide bonds. The van der Waals surface area contributed by atoms with Gasteiger partial charge in [0, 0.05) is 34.7 Å². The summed E-state index contributed by atoms with van der Waals surface area (Å²) in [7, 11) is 0. The molecule has 0 fully saturated rings. The van der Waals surface area contributed by atoms with Gasteiger partial charge in [-0.3, -0.25) is 4.79 Å². The van der Waals surface area contributed by atoms with E-state index in [1.54, 1.807) is 0 Å². The highest BCUT2D eigenvalue weighted by atomic mass is 32.2. The van der Waals surface area contributed by atoms with Gasteiger partial charge in [-0.25, -0.2) is 10.2 Å². The van der Waals surface area contributed by atoms with Crippen molar-refractivity contribution < 1.29 is 24.5 Å². The number of hydrogen-bond acceptors (Lipinski definition) is 6. The molecule has 2 aromatic rings. The first-order chi connectivity index (χ1) is 14.1. The summed E-state index contributed by atoms with van der Waals surface area (Å²) >= 11 is 1.01. The molecule has 0 radical (unpaired) electrons. The zero-order valence-electron chi connectivity index (χ0n) is 15.9. The van der Waals surface area contributed by atoms with Crippen molar-refractivity contribution in [3.05, 3.63) is 76.3 Å². The molecule has 29 heavy (non-hydrogen) atoms. The van der Waals surface area contributed by atoms with Gasteiger partial charge in [0.05, 0.1) is 17.8 Å². The number of aromatic amines is 1. The van der Waals surface area contributed by atoms with Crippen molar-refractivity contribution in [2.75, 3.05) is 5.75 Å². The van der Waals surface area contributed by atoms with Crippen molar-refractivity contribution in [3.8, 4) is 0 Å². The predicted molar refractivity (Wildman–Crippen MR) is 112 cm³/mol. The maximum Gasteiger partial charge on any atom is 0.303 e. The first-order valence-electron chi connectivity index (χ1n) is 9.13. The molecule has 7 nitrogen and oxygen atoms in total. The van der Waals surface area contributed by atoms with Gasteiger partial charge in [-0.05, 0) is 49.1 Å². The molecule has 1 aliphatic heterocycles. The molecule has 3 rings (SSSR count). The van der Waals surface area contributed by atoms with Crippen molar-refractivity contribution in [2.45, 2.75) is 26.2 Å². The first kappa shape index (κ1) is 21.1. The van der Waals surface area contributed by atoms with Crippen LogP contribution in [0.2, 0.25) is 0 Å². The summed E-state index contributed by atoms with van der Waals surface area (Å²) in [4.78, 5) is 18.9. The molecule has 3 N–H and O–H groups in total. The van der Waals surface area contributed by atoms with Crippen LogP contribution in [0.3, 0.4) is 0 Å². The van der Waals surface area contributed by atoms with E-state index < -0.39 is 5.97 Å². The van der Waals surface area contributed by atoms with E-state index in [9.17, 15) is 4.79 Å². The predicted octanol–water partition coefficient (Wildman–Crippen LogP) is 4.57. The smallest absolute Gasteiger partial charge is 0.303 e. The van der Waals surface area contributed by atoms with Gasteiger partial charge in [-0.15, -0.1) is 4.33 Å². The standard InChI is InChI=1S/C21H22N2O5S/c1-14-11-17(7-8-21(24)25)22-18(14)13-20-16(9-10-29-28-27-26)12-19(23-20)15-5-3-2-4-6-15/h2-6,11-13,22,26H,7-10H2,1H3,(H,24,25)/b20-13-. The van der Waals surface area contributed by atoms with Gasteiger partial charge in [0.2, 0.25) is 0 Å². The third-order valence-corrected chi connectivity index (χ3v) is 5.01. The zero-order chi connectivity index (χ0) is 20.6. The van der Waals surface area contributed by atoms with E-state index in [1.165, 1.54) is 0 Å². The molecule has 8 heteroatoms. The molecule has 0 saturated heterocycles.